The molecule has 0 atom stereocenters. The van der Waals surface area contributed by atoms with E-state index in [-0.39, 0.29) is 5.41 Å². The topological polar surface area (TPSA) is 33.0 Å². The monoisotopic (exact) mass is 229 g/mol. The minimum Gasteiger partial charge on any atom is -0.500 e. The van der Waals surface area contributed by atoms with Crippen LogP contribution in [-0.2, 0) is 10.2 Å². The number of nitrogens with zero attached hydrogens (tertiary/aromatic N) is 1. The lowest BCUT2D eigenvalue weighted by molar-refractivity contribution is 0.230. The molecule has 90 valence electrons. The summed E-state index contributed by atoms with van der Waals surface area (Å²) in [6, 6.07) is 9.79. The van der Waals surface area contributed by atoms with Crippen molar-refractivity contribution in [2.24, 2.45) is 0 Å². The van der Waals surface area contributed by atoms with Crippen molar-refractivity contribution in [3.63, 3.8) is 0 Å². The van der Waals surface area contributed by atoms with Gasteiger partial charge in [-0.25, -0.2) is 0 Å². The maximum Gasteiger partial charge on any atom is 0.104 e. The fraction of sp³-hybridized carbons (Fsp3) is 0.400. The van der Waals surface area contributed by atoms with Gasteiger partial charge in [0.25, 0.3) is 0 Å². The van der Waals surface area contributed by atoms with Crippen LogP contribution < -0.4 is 0 Å². The Kier molecular flexibility index (Phi) is 3.96. The quantitative estimate of drug-likeness (QED) is 0.739. The van der Waals surface area contributed by atoms with Crippen molar-refractivity contribution in [2.45, 2.75) is 33.1 Å². The summed E-state index contributed by atoms with van der Waals surface area (Å²) in [4.78, 5) is 0. The zero-order valence-electron chi connectivity index (χ0n) is 11.2. The first-order valence-electron chi connectivity index (χ1n) is 5.66. The lowest BCUT2D eigenvalue weighted by atomic mass is 9.81. The normalized spacial score (nSPS) is 10.6. The summed E-state index contributed by atoms with van der Waals surface area (Å²) in [7, 11) is 1.70. The van der Waals surface area contributed by atoms with Gasteiger partial charge in [0.05, 0.1) is 18.7 Å². The molecule has 2 nitrogen and oxygen atoms in total. The van der Waals surface area contributed by atoms with Gasteiger partial charge in [-0.3, -0.25) is 0 Å². The van der Waals surface area contributed by atoms with Gasteiger partial charge in [-0.05, 0) is 51.0 Å². The molecule has 1 rings (SSSR count). The number of methoxy groups -OCH3 is 1. The Labute approximate surface area is 104 Å². The Bertz CT molecular complexity index is 457. The van der Waals surface area contributed by atoms with E-state index in [9.17, 15) is 0 Å². The third-order valence-corrected chi connectivity index (χ3v) is 2.96. The lowest BCUT2D eigenvalue weighted by Gasteiger charge is -2.28. The maximum atomic E-state index is 8.79. The van der Waals surface area contributed by atoms with Crippen LogP contribution in [0.2, 0.25) is 0 Å². The van der Waals surface area contributed by atoms with Gasteiger partial charge in [-0.2, -0.15) is 5.26 Å². The van der Waals surface area contributed by atoms with E-state index in [0.29, 0.717) is 5.56 Å². The second-order valence-corrected chi connectivity index (χ2v) is 4.85. The van der Waals surface area contributed by atoms with Crippen LogP contribution in [0.15, 0.2) is 35.6 Å². The fourth-order valence-corrected chi connectivity index (χ4v) is 2.18. The molecule has 0 aliphatic heterocycles. The lowest BCUT2D eigenvalue weighted by Crippen LogP contribution is -2.22. The average Bonchev–Trinajstić information content (AvgIpc) is 2.29. The molecule has 0 spiro atoms. The Morgan fingerprint density at radius 2 is 1.71 bits per heavy atom. The van der Waals surface area contributed by atoms with Gasteiger partial charge < -0.3 is 4.74 Å². The van der Waals surface area contributed by atoms with Crippen LogP contribution in [0.25, 0.3) is 0 Å². The molecule has 0 fully saturated rings. The van der Waals surface area contributed by atoms with E-state index in [4.69, 9.17) is 10.00 Å². The summed E-state index contributed by atoms with van der Waals surface area (Å²) >= 11 is 0. The summed E-state index contributed by atoms with van der Waals surface area (Å²) in [6.07, 6.45) is 0. The van der Waals surface area contributed by atoms with Crippen molar-refractivity contribution in [1.29, 1.82) is 5.26 Å². The summed E-state index contributed by atoms with van der Waals surface area (Å²) in [6.45, 7) is 8.34. The molecule has 1 aromatic rings. The number of nitriles is 1. The molecule has 0 aliphatic rings. The van der Waals surface area contributed by atoms with E-state index in [2.05, 4.69) is 19.9 Å². The third kappa shape index (κ3) is 2.68. The van der Waals surface area contributed by atoms with E-state index >= 15 is 0 Å². The molecule has 2 heteroatoms. The number of allylic oxidation sites excluding steroid dienone is 2. The number of rotatable bonds is 3. The molecule has 1 aromatic carbocycles. The van der Waals surface area contributed by atoms with Gasteiger partial charge in [0.1, 0.15) is 5.76 Å². The molecule has 0 radical (unpaired) electrons. The first-order valence-corrected chi connectivity index (χ1v) is 5.66. The molecule has 0 unspecified atom stereocenters. The molecule has 0 aliphatic carbocycles. The first kappa shape index (κ1) is 13.3. The second-order valence-electron chi connectivity index (χ2n) is 4.85. The first-order chi connectivity index (χ1) is 7.93. The number of ether oxygens (including phenoxy) is 1. The van der Waals surface area contributed by atoms with Crippen LogP contribution in [0.5, 0.6) is 0 Å². The minimum absolute atomic E-state index is 0.179. The number of benzene rings is 1. The predicted octanol–water partition coefficient (Wildman–Crippen LogP) is 3.78. The van der Waals surface area contributed by atoms with E-state index in [1.54, 1.807) is 7.11 Å². The Morgan fingerprint density at radius 1 is 1.18 bits per heavy atom. The SMILES string of the molecule is COC(=C(C)C)C(C)(C)c1ccc(C#N)cc1. The van der Waals surface area contributed by atoms with E-state index in [1.807, 2.05) is 38.1 Å². The van der Waals surface area contributed by atoms with E-state index in [0.717, 1.165) is 11.3 Å². The maximum absolute atomic E-state index is 8.79. The molecule has 0 aromatic heterocycles. The van der Waals surface area contributed by atoms with Crippen molar-refractivity contribution >= 4 is 0 Å². The molecule has 17 heavy (non-hydrogen) atoms. The van der Waals surface area contributed by atoms with Gasteiger partial charge in [0, 0.05) is 5.41 Å². The Hall–Kier alpha value is -1.75. The zero-order valence-corrected chi connectivity index (χ0v) is 11.2. The van der Waals surface area contributed by atoms with Crippen LogP contribution in [0.1, 0.15) is 38.8 Å². The van der Waals surface area contributed by atoms with E-state index in [1.165, 1.54) is 5.57 Å². The van der Waals surface area contributed by atoms with Crippen molar-refractivity contribution in [3.8, 4) is 6.07 Å². The smallest absolute Gasteiger partial charge is 0.104 e. The summed E-state index contributed by atoms with van der Waals surface area (Å²) in [5, 5.41) is 8.79. The Balaban J connectivity index is 3.21. The molecular weight excluding hydrogens is 210 g/mol. The minimum atomic E-state index is -0.179. The third-order valence-electron chi connectivity index (χ3n) is 2.96. The van der Waals surface area contributed by atoms with E-state index < -0.39 is 0 Å². The molecule has 0 heterocycles. The molecule has 0 amide bonds. The molecule has 0 saturated carbocycles. The average molecular weight is 229 g/mol. The molecular formula is C15H19NO. The zero-order chi connectivity index (χ0) is 13.1. The highest BCUT2D eigenvalue weighted by molar-refractivity contribution is 5.38. The highest BCUT2D eigenvalue weighted by Gasteiger charge is 2.27. The predicted molar refractivity (Wildman–Crippen MR) is 69.6 cm³/mol. The van der Waals surface area contributed by atoms with Crippen molar-refractivity contribution in [1.82, 2.24) is 0 Å². The van der Waals surface area contributed by atoms with Gasteiger partial charge >= 0.3 is 0 Å². The standard InChI is InChI=1S/C15H19NO/c1-11(2)14(17-5)15(3,4)13-8-6-12(10-16)7-9-13/h6-9H,1-5H3. The highest BCUT2D eigenvalue weighted by atomic mass is 16.5. The molecule has 0 N–H and O–H groups in total. The van der Waals surface area contributed by atoms with Crippen LogP contribution in [0.3, 0.4) is 0 Å². The summed E-state index contributed by atoms with van der Waals surface area (Å²) < 4.78 is 5.50. The second kappa shape index (κ2) is 5.05. The largest absolute Gasteiger partial charge is 0.500 e. The van der Waals surface area contributed by atoms with Gasteiger partial charge in [0.15, 0.2) is 0 Å². The number of hydrogen-bond donors (Lipinski definition) is 0. The Morgan fingerprint density at radius 3 is 2.06 bits per heavy atom. The van der Waals surface area contributed by atoms with Gasteiger partial charge in [0.2, 0.25) is 0 Å². The van der Waals surface area contributed by atoms with Crippen LogP contribution in [0.4, 0.5) is 0 Å². The van der Waals surface area contributed by atoms with Crippen molar-refractivity contribution in [3.05, 3.63) is 46.7 Å². The molecule has 0 saturated heterocycles. The van der Waals surface area contributed by atoms with Gasteiger partial charge in [-0.1, -0.05) is 12.1 Å². The summed E-state index contributed by atoms with van der Waals surface area (Å²) in [5.74, 6) is 0.974. The number of hydrogen-bond acceptors (Lipinski definition) is 2. The van der Waals surface area contributed by atoms with Crippen molar-refractivity contribution < 1.29 is 4.74 Å². The van der Waals surface area contributed by atoms with Crippen LogP contribution >= 0.6 is 0 Å². The van der Waals surface area contributed by atoms with Crippen LogP contribution in [-0.4, -0.2) is 7.11 Å². The highest BCUT2D eigenvalue weighted by Crippen LogP contribution is 2.33. The van der Waals surface area contributed by atoms with Gasteiger partial charge in [-0.15, -0.1) is 0 Å². The molecule has 0 bridgehead atoms. The van der Waals surface area contributed by atoms with Crippen molar-refractivity contribution in [2.75, 3.05) is 7.11 Å². The summed E-state index contributed by atoms with van der Waals surface area (Å²) in [5.41, 5.74) is 2.82. The van der Waals surface area contributed by atoms with Crippen LogP contribution in [0, 0.1) is 11.3 Å². The fourth-order valence-electron chi connectivity index (χ4n) is 2.18.